The lowest BCUT2D eigenvalue weighted by molar-refractivity contribution is -0.384. The monoisotopic (exact) mass is 307 g/mol. The van der Waals surface area contributed by atoms with E-state index in [-0.39, 0.29) is 17.1 Å². The third-order valence-corrected chi connectivity index (χ3v) is 4.02. The zero-order valence-electron chi connectivity index (χ0n) is 12.8. The number of ether oxygens (including phenoxy) is 1. The van der Waals surface area contributed by atoms with Crippen LogP contribution in [0.25, 0.3) is 0 Å². The fourth-order valence-electron chi connectivity index (χ4n) is 2.78. The lowest BCUT2D eigenvalue weighted by Gasteiger charge is -2.29. The molecule has 7 heteroatoms. The fraction of sp³-hybridized carbons (Fsp3) is 0.533. The highest BCUT2D eigenvalue weighted by molar-refractivity contribution is 5.96. The van der Waals surface area contributed by atoms with E-state index in [1.807, 2.05) is 0 Å². The van der Waals surface area contributed by atoms with Gasteiger partial charge in [-0.15, -0.1) is 0 Å². The summed E-state index contributed by atoms with van der Waals surface area (Å²) in [6.07, 6.45) is 1.96. The van der Waals surface area contributed by atoms with Gasteiger partial charge in [-0.05, 0) is 31.9 Å². The molecule has 1 aromatic rings. The summed E-state index contributed by atoms with van der Waals surface area (Å²) in [6.45, 7) is 3.61. The second kappa shape index (κ2) is 6.85. The standard InChI is InChI=1S/C15H21N3O4/c1-11-4-5-12(18(20)21)8-13(11)14(19)16-9-15(10-22-2)6-3-7-17-15/h4-5,8,17H,3,6-7,9-10H2,1-2H3,(H,16,19). The SMILES string of the molecule is COCC1(CNC(=O)c2cc([N+](=O)[O-])ccc2C)CCCN1. The van der Waals surface area contributed by atoms with Crippen LogP contribution in [0.5, 0.6) is 0 Å². The molecule has 1 aromatic carbocycles. The number of nitro groups is 1. The van der Waals surface area contributed by atoms with Gasteiger partial charge in [0, 0.05) is 31.4 Å². The van der Waals surface area contributed by atoms with Crippen LogP contribution < -0.4 is 10.6 Å². The van der Waals surface area contributed by atoms with E-state index in [1.165, 1.54) is 12.1 Å². The summed E-state index contributed by atoms with van der Waals surface area (Å²) in [6, 6.07) is 4.30. The van der Waals surface area contributed by atoms with Crippen LogP contribution in [0, 0.1) is 17.0 Å². The molecule has 0 spiro atoms. The van der Waals surface area contributed by atoms with Gasteiger partial charge in [0.1, 0.15) is 0 Å². The van der Waals surface area contributed by atoms with E-state index in [1.54, 1.807) is 20.1 Å². The Morgan fingerprint density at radius 2 is 2.32 bits per heavy atom. The van der Waals surface area contributed by atoms with Gasteiger partial charge < -0.3 is 15.4 Å². The van der Waals surface area contributed by atoms with Gasteiger partial charge in [-0.1, -0.05) is 6.07 Å². The largest absolute Gasteiger partial charge is 0.383 e. The van der Waals surface area contributed by atoms with Gasteiger partial charge in [0.15, 0.2) is 0 Å². The first-order valence-corrected chi connectivity index (χ1v) is 7.25. The molecule has 120 valence electrons. The smallest absolute Gasteiger partial charge is 0.270 e. The van der Waals surface area contributed by atoms with Gasteiger partial charge in [-0.3, -0.25) is 14.9 Å². The van der Waals surface area contributed by atoms with Crippen molar-refractivity contribution >= 4 is 11.6 Å². The number of amides is 1. The van der Waals surface area contributed by atoms with Crippen molar-refractivity contribution in [3.05, 3.63) is 39.4 Å². The highest BCUT2D eigenvalue weighted by Crippen LogP contribution is 2.20. The first-order valence-electron chi connectivity index (χ1n) is 7.25. The quantitative estimate of drug-likeness (QED) is 0.612. The molecular weight excluding hydrogens is 286 g/mol. The number of non-ortho nitro benzene ring substituents is 1. The number of hydrogen-bond donors (Lipinski definition) is 2. The topological polar surface area (TPSA) is 93.5 Å². The zero-order chi connectivity index (χ0) is 16.2. The van der Waals surface area contributed by atoms with Crippen molar-refractivity contribution in [2.45, 2.75) is 25.3 Å². The number of benzene rings is 1. The maximum absolute atomic E-state index is 12.3. The predicted octanol–water partition coefficient (Wildman–Crippen LogP) is 1.40. The normalized spacial score (nSPS) is 20.8. The summed E-state index contributed by atoms with van der Waals surface area (Å²) >= 11 is 0. The van der Waals surface area contributed by atoms with Crippen molar-refractivity contribution in [3.63, 3.8) is 0 Å². The van der Waals surface area contributed by atoms with Crippen LogP contribution in [0.1, 0.15) is 28.8 Å². The number of methoxy groups -OCH3 is 1. The molecule has 1 saturated heterocycles. The number of hydrogen-bond acceptors (Lipinski definition) is 5. The van der Waals surface area contributed by atoms with E-state index in [4.69, 9.17) is 4.74 Å². The highest BCUT2D eigenvalue weighted by Gasteiger charge is 2.34. The first-order chi connectivity index (χ1) is 10.5. The molecule has 7 nitrogen and oxygen atoms in total. The van der Waals surface area contributed by atoms with Crippen molar-refractivity contribution in [3.8, 4) is 0 Å². The number of aryl methyl sites for hydroxylation is 1. The molecule has 2 rings (SSSR count). The summed E-state index contributed by atoms with van der Waals surface area (Å²) in [5, 5.41) is 17.1. The Labute approximate surface area is 129 Å². The van der Waals surface area contributed by atoms with Crippen molar-refractivity contribution < 1.29 is 14.5 Å². The summed E-state index contributed by atoms with van der Waals surface area (Å²) in [4.78, 5) is 22.7. The van der Waals surface area contributed by atoms with Crippen LogP contribution in [0.3, 0.4) is 0 Å². The molecule has 0 bridgehead atoms. The van der Waals surface area contributed by atoms with Crippen molar-refractivity contribution in [1.29, 1.82) is 0 Å². The molecule has 1 atom stereocenters. The molecule has 1 aliphatic rings. The van der Waals surface area contributed by atoms with Crippen molar-refractivity contribution in [2.24, 2.45) is 0 Å². The Morgan fingerprint density at radius 1 is 1.55 bits per heavy atom. The lowest BCUT2D eigenvalue weighted by Crippen LogP contribution is -2.53. The third-order valence-electron chi connectivity index (χ3n) is 4.02. The Kier molecular flexibility index (Phi) is 5.10. The second-order valence-electron chi connectivity index (χ2n) is 5.68. The summed E-state index contributed by atoms with van der Waals surface area (Å²) < 4.78 is 5.24. The highest BCUT2D eigenvalue weighted by atomic mass is 16.6. The molecule has 1 fully saturated rings. The number of rotatable bonds is 6. The second-order valence-corrected chi connectivity index (χ2v) is 5.68. The summed E-state index contributed by atoms with van der Waals surface area (Å²) in [7, 11) is 1.63. The average Bonchev–Trinajstić information content (AvgIpc) is 2.94. The Bertz CT molecular complexity index is 568. The predicted molar refractivity (Wildman–Crippen MR) is 82.0 cm³/mol. The summed E-state index contributed by atoms with van der Waals surface area (Å²) in [5.41, 5.74) is 0.711. The zero-order valence-corrected chi connectivity index (χ0v) is 12.8. The van der Waals surface area contributed by atoms with Gasteiger partial charge >= 0.3 is 0 Å². The molecule has 0 aromatic heterocycles. The molecule has 0 radical (unpaired) electrons. The molecule has 1 amide bonds. The Balaban J connectivity index is 2.09. The van der Waals surface area contributed by atoms with Crippen LogP contribution in [0.15, 0.2) is 18.2 Å². The number of nitro benzene ring substituents is 1. The van der Waals surface area contributed by atoms with Crippen LogP contribution in [-0.4, -0.2) is 43.2 Å². The molecule has 2 N–H and O–H groups in total. The first kappa shape index (κ1) is 16.4. The van der Waals surface area contributed by atoms with E-state index in [0.717, 1.165) is 19.4 Å². The van der Waals surface area contributed by atoms with E-state index < -0.39 is 4.92 Å². The number of carbonyl (C=O) groups excluding carboxylic acids is 1. The van der Waals surface area contributed by atoms with Gasteiger partial charge in [-0.25, -0.2) is 0 Å². The molecule has 0 saturated carbocycles. The van der Waals surface area contributed by atoms with Crippen LogP contribution in [-0.2, 0) is 4.74 Å². The minimum atomic E-state index is -0.499. The maximum Gasteiger partial charge on any atom is 0.270 e. The van der Waals surface area contributed by atoms with Gasteiger partial charge in [0.25, 0.3) is 11.6 Å². The lowest BCUT2D eigenvalue weighted by atomic mass is 9.98. The fourth-order valence-corrected chi connectivity index (χ4v) is 2.78. The molecular formula is C15H21N3O4. The van der Waals surface area contributed by atoms with Gasteiger partial charge in [-0.2, -0.15) is 0 Å². The van der Waals surface area contributed by atoms with Gasteiger partial charge in [0.2, 0.25) is 0 Å². The van der Waals surface area contributed by atoms with Crippen LogP contribution in [0.2, 0.25) is 0 Å². The number of nitrogens with one attached hydrogen (secondary N) is 2. The molecule has 0 aliphatic carbocycles. The van der Waals surface area contributed by atoms with Crippen LogP contribution in [0.4, 0.5) is 5.69 Å². The number of carbonyl (C=O) groups is 1. The Hall–Kier alpha value is -1.99. The third kappa shape index (κ3) is 3.61. The molecule has 1 heterocycles. The van der Waals surface area contributed by atoms with Gasteiger partial charge in [0.05, 0.1) is 17.1 Å². The number of nitrogens with zero attached hydrogens (tertiary/aromatic N) is 1. The molecule has 22 heavy (non-hydrogen) atoms. The minimum Gasteiger partial charge on any atom is -0.383 e. The summed E-state index contributed by atoms with van der Waals surface area (Å²) in [5.74, 6) is -0.301. The van der Waals surface area contributed by atoms with E-state index >= 15 is 0 Å². The van der Waals surface area contributed by atoms with Crippen LogP contribution >= 0.6 is 0 Å². The average molecular weight is 307 g/mol. The maximum atomic E-state index is 12.3. The van der Waals surface area contributed by atoms with E-state index in [0.29, 0.717) is 24.3 Å². The van der Waals surface area contributed by atoms with Crippen molar-refractivity contribution in [2.75, 3.05) is 26.8 Å². The van der Waals surface area contributed by atoms with E-state index in [2.05, 4.69) is 10.6 Å². The minimum absolute atomic E-state index is 0.0821. The van der Waals surface area contributed by atoms with Crippen molar-refractivity contribution in [1.82, 2.24) is 10.6 Å². The molecule has 1 unspecified atom stereocenters. The molecule has 1 aliphatic heterocycles. The van der Waals surface area contributed by atoms with E-state index in [9.17, 15) is 14.9 Å². The Morgan fingerprint density at radius 3 is 2.91 bits per heavy atom.